The number of hydrogen-bond acceptors (Lipinski definition) is 3. The Balaban J connectivity index is 2.26. The molecule has 0 aromatic heterocycles. The fraction of sp³-hybridized carbons (Fsp3) is 0.294. The Labute approximate surface area is 131 Å². The van der Waals surface area contributed by atoms with E-state index in [1.165, 1.54) is 37.4 Å². The van der Waals surface area contributed by atoms with Crippen LogP contribution in [0.3, 0.4) is 0 Å². The highest BCUT2D eigenvalue weighted by Gasteiger charge is 2.65. The van der Waals surface area contributed by atoms with Crippen molar-refractivity contribution in [2.45, 2.75) is 24.2 Å². The van der Waals surface area contributed by atoms with E-state index in [1.54, 1.807) is 24.3 Å². The van der Waals surface area contributed by atoms with Gasteiger partial charge in [-0.05, 0) is 11.1 Å². The molecule has 6 heteroatoms. The van der Waals surface area contributed by atoms with Crippen molar-refractivity contribution >= 4 is 0 Å². The maximum absolute atomic E-state index is 14.0. The summed E-state index contributed by atoms with van der Waals surface area (Å²) < 4.78 is 52.4. The number of benzene rings is 2. The van der Waals surface area contributed by atoms with Gasteiger partial charge in [-0.2, -0.15) is 13.2 Å². The van der Waals surface area contributed by atoms with Crippen LogP contribution >= 0.6 is 0 Å². The molecule has 0 saturated heterocycles. The van der Waals surface area contributed by atoms with Gasteiger partial charge in [-0.3, -0.25) is 0 Å². The van der Waals surface area contributed by atoms with Gasteiger partial charge in [0.2, 0.25) is 5.60 Å². The molecule has 1 N–H and O–H groups in total. The van der Waals surface area contributed by atoms with E-state index in [4.69, 9.17) is 9.47 Å². The van der Waals surface area contributed by atoms with E-state index in [-0.39, 0.29) is 11.1 Å². The lowest BCUT2D eigenvalue weighted by molar-refractivity contribution is -0.366. The Morgan fingerprint density at radius 2 is 1.57 bits per heavy atom. The molecule has 3 atom stereocenters. The molecule has 122 valence electrons. The third-order valence-corrected chi connectivity index (χ3v) is 4.06. The second-order valence-corrected chi connectivity index (χ2v) is 5.32. The molecule has 0 radical (unpaired) electrons. The highest BCUT2D eigenvalue weighted by atomic mass is 19.4. The second-order valence-electron chi connectivity index (χ2n) is 5.32. The van der Waals surface area contributed by atoms with Gasteiger partial charge >= 0.3 is 6.18 Å². The molecule has 1 heterocycles. The minimum absolute atomic E-state index is 0.145. The van der Waals surface area contributed by atoms with E-state index in [2.05, 4.69) is 0 Å². The lowest BCUT2D eigenvalue weighted by Gasteiger charge is -2.45. The number of hydrogen-bond donors (Lipinski definition) is 1. The van der Waals surface area contributed by atoms with E-state index in [1.807, 2.05) is 0 Å². The monoisotopic (exact) mass is 324 g/mol. The van der Waals surface area contributed by atoms with Crippen LogP contribution in [-0.2, 0) is 15.1 Å². The average molecular weight is 324 g/mol. The number of halogens is 3. The van der Waals surface area contributed by atoms with Crippen molar-refractivity contribution in [2.75, 3.05) is 7.11 Å². The smallest absolute Gasteiger partial charge is 0.385 e. The molecule has 0 amide bonds. The van der Waals surface area contributed by atoms with Gasteiger partial charge < -0.3 is 14.6 Å². The van der Waals surface area contributed by atoms with Crippen molar-refractivity contribution in [3.05, 3.63) is 71.3 Å². The zero-order valence-electron chi connectivity index (χ0n) is 12.2. The van der Waals surface area contributed by atoms with E-state index in [9.17, 15) is 18.3 Å². The average Bonchev–Trinajstić information content (AvgIpc) is 2.55. The van der Waals surface area contributed by atoms with Crippen molar-refractivity contribution in [1.82, 2.24) is 0 Å². The van der Waals surface area contributed by atoms with Gasteiger partial charge in [0.1, 0.15) is 6.10 Å². The van der Waals surface area contributed by atoms with Crippen LogP contribution in [-0.4, -0.2) is 18.4 Å². The summed E-state index contributed by atoms with van der Waals surface area (Å²) in [6.07, 6.45) is -7.96. The maximum atomic E-state index is 14.0. The Bertz CT molecular complexity index is 687. The lowest BCUT2D eigenvalue weighted by Crippen LogP contribution is -2.53. The van der Waals surface area contributed by atoms with Crippen LogP contribution in [0.4, 0.5) is 13.2 Å². The van der Waals surface area contributed by atoms with Crippen molar-refractivity contribution in [1.29, 1.82) is 0 Å². The van der Waals surface area contributed by atoms with E-state index < -0.39 is 24.2 Å². The van der Waals surface area contributed by atoms with Gasteiger partial charge in [-0.1, -0.05) is 54.6 Å². The van der Waals surface area contributed by atoms with E-state index in [0.717, 1.165) is 0 Å². The van der Waals surface area contributed by atoms with Crippen molar-refractivity contribution in [3.63, 3.8) is 0 Å². The molecule has 1 aliphatic rings. The molecule has 0 fully saturated rings. The first-order valence-electron chi connectivity index (χ1n) is 7.01. The molecule has 0 bridgehead atoms. The Kier molecular flexibility index (Phi) is 3.91. The molecular weight excluding hydrogens is 309 g/mol. The molecule has 23 heavy (non-hydrogen) atoms. The molecule has 0 saturated carbocycles. The molecule has 2 aromatic carbocycles. The zero-order valence-corrected chi connectivity index (χ0v) is 12.2. The second kappa shape index (κ2) is 5.63. The maximum Gasteiger partial charge on any atom is 0.424 e. The van der Waals surface area contributed by atoms with Crippen LogP contribution in [0.25, 0.3) is 0 Å². The van der Waals surface area contributed by atoms with Gasteiger partial charge in [0.25, 0.3) is 0 Å². The number of methoxy groups -OCH3 is 1. The summed E-state index contributed by atoms with van der Waals surface area (Å²) in [6, 6.07) is 13.4. The van der Waals surface area contributed by atoms with Gasteiger partial charge in [-0.25, -0.2) is 0 Å². The normalized spacial score (nSPS) is 27.5. The summed E-state index contributed by atoms with van der Waals surface area (Å²) in [4.78, 5) is 0. The minimum Gasteiger partial charge on any atom is -0.385 e. The fourth-order valence-corrected chi connectivity index (χ4v) is 2.96. The molecule has 3 unspecified atom stereocenters. The fourth-order valence-electron chi connectivity index (χ4n) is 2.96. The SMILES string of the molecule is COC1OC(c2ccccc2)(C(F)(F)F)C(O)c2ccccc21. The third kappa shape index (κ3) is 2.34. The number of aliphatic hydroxyl groups excluding tert-OH is 1. The van der Waals surface area contributed by atoms with Crippen LogP contribution in [0.5, 0.6) is 0 Å². The van der Waals surface area contributed by atoms with E-state index >= 15 is 0 Å². The highest BCUT2D eigenvalue weighted by molar-refractivity contribution is 5.39. The van der Waals surface area contributed by atoms with Crippen molar-refractivity contribution in [2.24, 2.45) is 0 Å². The first-order valence-corrected chi connectivity index (χ1v) is 7.01. The predicted octanol–water partition coefficient (Wildman–Crippen LogP) is 3.85. The summed E-state index contributed by atoms with van der Waals surface area (Å²) in [7, 11) is 1.27. The van der Waals surface area contributed by atoms with Crippen LogP contribution < -0.4 is 0 Å². The number of ether oxygens (including phenoxy) is 2. The highest BCUT2D eigenvalue weighted by Crippen LogP contribution is 2.56. The molecular formula is C17H15F3O3. The van der Waals surface area contributed by atoms with Crippen LogP contribution in [0.1, 0.15) is 29.1 Å². The summed E-state index contributed by atoms with van der Waals surface area (Å²) in [5, 5.41) is 10.6. The number of alkyl halides is 3. The van der Waals surface area contributed by atoms with Crippen molar-refractivity contribution < 1.29 is 27.8 Å². The van der Waals surface area contributed by atoms with Gasteiger partial charge in [-0.15, -0.1) is 0 Å². The molecule has 0 spiro atoms. The first kappa shape index (κ1) is 16.0. The summed E-state index contributed by atoms with van der Waals surface area (Å²) in [5.74, 6) is 0. The molecule has 1 aliphatic heterocycles. The van der Waals surface area contributed by atoms with Crippen LogP contribution in [0, 0.1) is 0 Å². The summed E-state index contributed by atoms with van der Waals surface area (Å²) >= 11 is 0. The quantitative estimate of drug-likeness (QED) is 0.912. The molecule has 3 rings (SSSR count). The Morgan fingerprint density at radius 3 is 2.13 bits per heavy atom. The number of aliphatic hydroxyl groups is 1. The van der Waals surface area contributed by atoms with Gasteiger partial charge in [0.15, 0.2) is 6.29 Å². The Morgan fingerprint density at radius 1 is 1.00 bits per heavy atom. The number of rotatable bonds is 2. The van der Waals surface area contributed by atoms with Gasteiger partial charge in [0.05, 0.1) is 0 Å². The zero-order chi connectivity index (χ0) is 16.7. The molecule has 2 aromatic rings. The first-order chi connectivity index (χ1) is 10.9. The summed E-state index contributed by atoms with van der Waals surface area (Å²) in [6.45, 7) is 0. The van der Waals surface area contributed by atoms with Crippen LogP contribution in [0.2, 0.25) is 0 Å². The standard InChI is InChI=1S/C17H15F3O3/c1-22-15-13-10-6-5-9-12(13)14(21)16(23-15,17(18,19)20)11-7-3-2-4-8-11/h2-10,14-15,21H,1H3. The molecule has 3 nitrogen and oxygen atoms in total. The topological polar surface area (TPSA) is 38.7 Å². The van der Waals surface area contributed by atoms with E-state index in [0.29, 0.717) is 5.56 Å². The Hall–Kier alpha value is -1.89. The number of fused-ring (bicyclic) bond motifs is 1. The van der Waals surface area contributed by atoms with Crippen molar-refractivity contribution in [3.8, 4) is 0 Å². The largest absolute Gasteiger partial charge is 0.424 e. The summed E-state index contributed by atoms with van der Waals surface area (Å²) in [5.41, 5.74) is -2.52. The predicted molar refractivity (Wildman–Crippen MR) is 76.4 cm³/mol. The van der Waals surface area contributed by atoms with Gasteiger partial charge in [0, 0.05) is 12.7 Å². The minimum atomic E-state index is -4.84. The lowest BCUT2D eigenvalue weighted by atomic mass is 9.79. The molecule has 0 aliphatic carbocycles. The third-order valence-electron chi connectivity index (χ3n) is 4.06. The van der Waals surface area contributed by atoms with Crippen LogP contribution in [0.15, 0.2) is 54.6 Å².